The summed E-state index contributed by atoms with van der Waals surface area (Å²) in [6.45, 7) is 4.71. The van der Waals surface area contributed by atoms with Crippen LogP contribution in [0.15, 0.2) is 16.7 Å². The fourth-order valence-corrected chi connectivity index (χ4v) is 2.66. The van der Waals surface area contributed by atoms with Gasteiger partial charge in [0.1, 0.15) is 11.9 Å². The Balaban J connectivity index is 1.81. The Labute approximate surface area is 121 Å². The minimum absolute atomic E-state index is 0.132. The molecule has 0 saturated carbocycles. The van der Waals surface area contributed by atoms with E-state index in [1.54, 1.807) is 6.26 Å². The summed E-state index contributed by atoms with van der Waals surface area (Å²) in [6, 6.07) is 2.06. The van der Waals surface area contributed by atoms with Crippen LogP contribution in [0.3, 0.4) is 0 Å². The number of rotatable bonds is 10. The van der Waals surface area contributed by atoms with Crippen LogP contribution in [0, 0.1) is 0 Å². The second-order valence-electron chi connectivity index (χ2n) is 5.39. The standard InChI is InChI=1S/C16H27NO3/c1-3-10-18-11-8-14(6-9-17-2)20-15-5-4-13-7-12-19-16(13)15/h7,12,14-15,17H,3-6,8-11H2,1-2H3. The summed E-state index contributed by atoms with van der Waals surface area (Å²) in [5.41, 5.74) is 1.31. The third-order valence-corrected chi connectivity index (χ3v) is 3.75. The predicted octanol–water partition coefficient (Wildman–Crippen LogP) is 3.08. The van der Waals surface area contributed by atoms with Gasteiger partial charge in [0.05, 0.1) is 12.4 Å². The van der Waals surface area contributed by atoms with E-state index < -0.39 is 0 Å². The third-order valence-electron chi connectivity index (χ3n) is 3.75. The minimum atomic E-state index is 0.132. The Hall–Kier alpha value is -0.840. The molecule has 20 heavy (non-hydrogen) atoms. The third kappa shape index (κ3) is 4.33. The van der Waals surface area contributed by atoms with Crippen molar-refractivity contribution in [1.82, 2.24) is 5.32 Å². The molecule has 0 spiro atoms. The van der Waals surface area contributed by atoms with E-state index in [4.69, 9.17) is 13.9 Å². The van der Waals surface area contributed by atoms with Crippen molar-refractivity contribution in [2.75, 3.05) is 26.8 Å². The quantitative estimate of drug-likeness (QED) is 0.669. The van der Waals surface area contributed by atoms with E-state index in [1.165, 1.54) is 5.56 Å². The normalized spacial score (nSPS) is 19.2. The van der Waals surface area contributed by atoms with Gasteiger partial charge in [0, 0.05) is 13.2 Å². The van der Waals surface area contributed by atoms with Gasteiger partial charge in [-0.1, -0.05) is 6.92 Å². The Kier molecular flexibility index (Phi) is 6.57. The van der Waals surface area contributed by atoms with Crippen LogP contribution in [0.25, 0.3) is 0 Å². The van der Waals surface area contributed by atoms with Gasteiger partial charge in [-0.25, -0.2) is 0 Å². The Morgan fingerprint density at radius 1 is 1.40 bits per heavy atom. The van der Waals surface area contributed by atoms with Gasteiger partial charge in [-0.05, 0) is 57.3 Å². The molecule has 2 rings (SSSR count). The zero-order chi connectivity index (χ0) is 14.2. The maximum absolute atomic E-state index is 6.26. The Morgan fingerprint density at radius 3 is 3.10 bits per heavy atom. The number of fused-ring (bicyclic) bond motifs is 1. The highest BCUT2D eigenvalue weighted by Crippen LogP contribution is 2.36. The molecule has 0 aliphatic heterocycles. The van der Waals surface area contributed by atoms with Crippen molar-refractivity contribution >= 4 is 0 Å². The first-order valence-electron chi connectivity index (χ1n) is 7.79. The van der Waals surface area contributed by atoms with Gasteiger partial charge >= 0.3 is 0 Å². The van der Waals surface area contributed by atoms with Gasteiger partial charge < -0.3 is 19.2 Å². The topological polar surface area (TPSA) is 43.6 Å². The molecule has 1 aliphatic rings. The molecule has 4 heteroatoms. The lowest BCUT2D eigenvalue weighted by atomic mass is 10.1. The summed E-state index contributed by atoms with van der Waals surface area (Å²) in [5.74, 6) is 1.04. The van der Waals surface area contributed by atoms with Crippen molar-refractivity contribution in [1.29, 1.82) is 0 Å². The molecule has 0 bridgehead atoms. The monoisotopic (exact) mass is 281 g/mol. The molecule has 0 fully saturated rings. The lowest BCUT2D eigenvalue weighted by molar-refractivity contribution is -0.0415. The highest BCUT2D eigenvalue weighted by atomic mass is 16.5. The highest BCUT2D eigenvalue weighted by Gasteiger charge is 2.28. The summed E-state index contributed by atoms with van der Waals surface area (Å²) in [5, 5.41) is 3.19. The zero-order valence-electron chi connectivity index (χ0n) is 12.7. The van der Waals surface area contributed by atoms with Gasteiger partial charge in [0.2, 0.25) is 0 Å². The lowest BCUT2D eigenvalue weighted by Gasteiger charge is -2.22. The summed E-state index contributed by atoms with van der Waals surface area (Å²) in [7, 11) is 1.98. The summed E-state index contributed by atoms with van der Waals surface area (Å²) < 4.78 is 17.4. The van der Waals surface area contributed by atoms with Crippen LogP contribution >= 0.6 is 0 Å². The van der Waals surface area contributed by atoms with Crippen molar-refractivity contribution in [2.45, 2.75) is 51.2 Å². The van der Waals surface area contributed by atoms with Crippen LogP contribution in [0.4, 0.5) is 0 Å². The van der Waals surface area contributed by atoms with Crippen LogP contribution in [-0.2, 0) is 15.9 Å². The average Bonchev–Trinajstić information content (AvgIpc) is 3.05. The van der Waals surface area contributed by atoms with E-state index in [0.717, 1.165) is 57.6 Å². The van der Waals surface area contributed by atoms with Gasteiger partial charge in [-0.2, -0.15) is 0 Å². The molecule has 1 aromatic heterocycles. The fraction of sp³-hybridized carbons (Fsp3) is 0.750. The van der Waals surface area contributed by atoms with E-state index in [0.29, 0.717) is 0 Å². The van der Waals surface area contributed by atoms with Crippen LogP contribution in [0.1, 0.15) is 50.0 Å². The van der Waals surface area contributed by atoms with Crippen molar-refractivity contribution in [3.63, 3.8) is 0 Å². The average molecular weight is 281 g/mol. The van der Waals surface area contributed by atoms with Crippen molar-refractivity contribution < 1.29 is 13.9 Å². The minimum Gasteiger partial charge on any atom is -0.466 e. The lowest BCUT2D eigenvalue weighted by Crippen LogP contribution is -2.23. The van der Waals surface area contributed by atoms with Crippen LogP contribution in [0.2, 0.25) is 0 Å². The van der Waals surface area contributed by atoms with Crippen LogP contribution < -0.4 is 5.32 Å². The maximum Gasteiger partial charge on any atom is 0.135 e. The molecule has 1 aromatic rings. The maximum atomic E-state index is 6.26. The van der Waals surface area contributed by atoms with E-state index in [1.807, 2.05) is 7.05 Å². The molecule has 1 N–H and O–H groups in total. The smallest absolute Gasteiger partial charge is 0.135 e. The van der Waals surface area contributed by atoms with Crippen LogP contribution in [-0.4, -0.2) is 32.9 Å². The molecule has 1 heterocycles. The molecule has 2 atom stereocenters. The largest absolute Gasteiger partial charge is 0.466 e. The molecule has 0 aromatic carbocycles. The summed E-state index contributed by atoms with van der Waals surface area (Å²) in [4.78, 5) is 0. The van der Waals surface area contributed by atoms with Gasteiger partial charge in [0.25, 0.3) is 0 Å². The molecule has 2 unspecified atom stereocenters. The molecule has 0 radical (unpaired) electrons. The fourth-order valence-electron chi connectivity index (χ4n) is 2.66. The zero-order valence-corrected chi connectivity index (χ0v) is 12.7. The van der Waals surface area contributed by atoms with E-state index in [2.05, 4.69) is 18.3 Å². The molecular formula is C16H27NO3. The first kappa shape index (κ1) is 15.5. The molecule has 0 saturated heterocycles. The number of nitrogens with one attached hydrogen (secondary N) is 1. The molecular weight excluding hydrogens is 254 g/mol. The molecule has 114 valence electrons. The summed E-state index contributed by atoms with van der Waals surface area (Å²) >= 11 is 0. The second-order valence-corrected chi connectivity index (χ2v) is 5.39. The van der Waals surface area contributed by atoms with Crippen LogP contribution in [0.5, 0.6) is 0 Å². The van der Waals surface area contributed by atoms with Gasteiger partial charge in [-0.15, -0.1) is 0 Å². The Bertz CT molecular complexity index is 378. The molecule has 4 nitrogen and oxygen atoms in total. The number of hydrogen-bond donors (Lipinski definition) is 1. The van der Waals surface area contributed by atoms with E-state index >= 15 is 0 Å². The number of ether oxygens (including phenoxy) is 2. The molecule has 1 aliphatic carbocycles. The van der Waals surface area contributed by atoms with Crippen molar-refractivity contribution in [2.24, 2.45) is 0 Å². The first-order chi connectivity index (χ1) is 9.85. The number of aryl methyl sites for hydroxylation is 1. The Morgan fingerprint density at radius 2 is 2.30 bits per heavy atom. The molecule has 0 amide bonds. The summed E-state index contributed by atoms with van der Waals surface area (Å²) in [6.07, 6.45) is 7.29. The van der Waals surface area contributed by atoms with Gasteiger partial charge in [-0.3, -0.25) is 0 Å². The second kappa shape index (κ2) is 8.45. The predicted molar refractivity (Wildman–Crippen MR) is 78.9 cm³/mol. The van der Waals surface area contributed by atoms with Gasteiger partial charge in [0.15, 0.2) is 0 Å². The highest BCUT2D eigenvalue weighted by molar-refractivity contribution is 5.24. The SMILES string of the molecule is CCCOCCC(CCNC)OC1CCc2ccoc21. The van der Waals surface area contributed by atoms with E-state index in [9.17, 15) is 0 Å². The van der Waals surface area contributed by atoms with E-state index in [-0.39, 0.29) is 12.2 Å². The number of furan rings is 1. The van der Waals surface area contributed by atoms with Crippen molar-refractivity contribution in [3.8, 4) is 0 Å². The first-order valence-corrected chi connectivity index (χ1v) is 7.79. The van der Waals surface area contributed by atoms with Crippen molar-refractivity contribution in [3.05, 3.63) is 23.7 Å². The number of hydrogen-bond acceptors (Lipinski definition) is 4.